The maximum atomic E-state index is 11.9. The van der Waals surface area contributed by atoms with Crippen molar-refractivity contribution in [3.63, 3.8) is 0 Å². The summed E-state index contributed by atoms with van der Waals surface area (Å²) in [5.41, 5.74) is 0. The highest BCUT2D eigenvalue weighted by molar-refractivity contribution is 5.81. The summed E-state index contributed by atoms with van der Waals surface area (Å²) in [6.45, 7) is 5.63. The van der Waals surface area contributed by atoms with Crippen LogP contribution in [0.2, 0.25) is 0 Å². The van der Waals surface area contributed by atoms with Crippen molar-refractivity contribution in [3.05, 3.63) is 12.2 Å². The van der Waals surface area contributed by atoms with E-state index in [1.165, 1.54) is 12.8 Å². The molecule has 0 spiro atoms. The topological polar surface area (TPSA) is 59.8 Å². The number of hydrogen-bond donors (Lipinski definition) is 1. The van der Waals surface area contributed by atoms with E-state index in [4.69, 9.17) is 0 Å². The van der Waals surface area contributed by atoms with E-state index in [9.17, 15) is 4.79 Å². The summed E-state index contributed by atoms with van der Waals surface area (Å²) in [5, 5.41) is 11.1. The van der Waals surface area contributed by atoms with Crippen LogP contribution >= 0.6 is 0 Å². The SMILES string of the molecule is CC(C)c1nncn1CCNC(=O)C1CC1C1CC1. The fourth-order valence-electron chi connectivity index (χ4n) is 2.88. The fraction of sp³-hybridized carbons (Fsp3) is 0.786. The third-order valence-electron chi connectivity index (χ3n) is 4.22. The Balaban J connectivity index is 1.43. The quantitative estimate of drug-likeness (QED) is 0.846. The molecule has 2 saturated carbocycles. The molecule has 3 rings (SSSR count). The number of nitrogens with one attached hydrogen (secondary N) is 1. The number of nitrogens with zero attached hydrogens (tertiary/aromatic N) is 3. The molecule has 0 radical (unpaired) electrons. The Morgan fingerprint density at radius 2 is 2.32 bits per heavy atom. The van der Waals surface area contributed by atoms with Crippen molar-refractivity contribution in [2.24, 2.45) is 17.8 Å². The molecule has 1 N–H and O–H groups in total. The zero-order valence-corrected chi connectivity index (χ0v) is 11.7. The van der Waals surface area contributed by atoms with Crippen molar-refractivity contribution in [1.82, 2.24) is 20.1 Å². The molecule has 2 fully saturated rings. The summed E-state index contributed by atoms with van der Waals surface area (Å²) in [6, 6.07) is 0. The van der Waals surface area contributed by atoms with Crippen LogP contribution < -0.4 is 5.32 Å². The van der Waals surface area contributed by atoms with Crippen molar-refractivity contribution >= 4 is 5.91 Å². The number of amides is 1. The van der Waals surface area contributed by atoms with Crippen LogP contribution in [0, 0.1) is 17.8 Å². The zero-order valence-electron chi connectivity index (χ0n) is 11.7. The second-order valence-corrected chi connectivity index (χ2v) is 6.17. The van der Waals surface area contributed by atoms with Gasteiger partial charge in [0.15, 0.2) is 0 Å². The lowest BCUT2D eigenvalue weighted by molar-refractivity contribution is -0.122. The molecule has 19 heavy (non-hydrogen) atoms. The van der Waals surface area contributed by atoms with Crippen LogP contribution in [0.15, 0.2) is 6.33 Å². The van der Waals surface area contributed by atoms with E-state index in [2.05, 4.69) is 29.4 Å². The van der Waals surface area contributed by atoms with Crippen molar-refractivity contribution in [3.8, 4) is 0 Å². The minimum absolute atomic E-state index is 0.246. The Morgan fingerprint density at radius 1 is 1.53 bits per heavy atom. The fourth-order valence-corrected chi connectivity index (χ4v) is 2.88. The summed E-state index contributed by atoms with van der Waals surface area (Å²) in [6.07, 6.45) is 5.53. The molecule has 0 bridgehead atoms. The molecule has 5 heteroatoms. The lowest BCUT2D eigenvalue weighted by Gasteiger charge is -2.09. The molecule has 0 saturated heterocycles. The average Bonchev–Trinajstić information content (AvgIpc) is 3.25. The Morgan fingerprint density at radius 3 is 3.00 bits per heavy atom. The van der Waals surface area contributed by atoms with Crippen molar-refractivity contribution in [2.75, 3.05) is 6.54 Å². The first kappa shape index (κ1) is 12.6. The van der Waals surface area contributed by atoms with Crippen LogP contribution in [0.4, 0.5) is 0 Å². The molecule has 1 aromatic heterocycles. The maximum absolute atomic E-state index is 11.9. The lowest BCUT2D eigenvalue weighted by atomic mass is 10.2. The second kappa shape index (κ2) is 4.94. The van der Waals surface area contributed by atoms with Gasteiger partial charge in [0.05, 0.1) is 0 Å². The molecule has 0 aromatic carbocycles. The molecule has 0 aliphatic heterocycles. The third kappa shape index (κ3) is 2.80. The number of aromatic nitrogens is 3. The first-order valence-corrected chi connectivity index (χ1v) is 7.32. The molecule has 2 atom stereocenters. The Kier molecular flexibility index (Phi) is 3.29. The molecule has 2 unspecified atom stereocenters. The van der Waals surface area contributed by atoms with Gasteiger partial charge in [-0.2, -0.15) is 0 Å². The van der Waals surface area contributed by atoms with Gasteiger partial charge in [-0.15, -0.1) is 10.2 Å². The molecular formula is C14H22N4O. The summed E-state index contributed by atoms with van der Waals surface area (Å²) in [5.74, 6) is 3.45. The lowest BCUT2D eigenvalue weighted by Crippen LogP contribution is -2.29. The van der Waals surface area contributed by atoms with E-state index in [0.29, 0.717) is 24.3 Å². The predicted octanol–water partition coefficient (Wildman–Crippen LogP) is 1.56. The molecule has 1 aromatic rings. The van der Waals surface area contributed by atoms with E-state index in [1.807, 2.05) is 4.57 Å². The van der Waals surface area contributed by atoms with Gasteiger partial charge >= 0.3 is 0 Å². The van der Waals surface area contributed by atoms with Gasteiger partial charge in [0.25, 0.3) is 0 Å². The third-order valence-corrected chi connectivity index (χ3v) is 4.22. The first-order valence-electron chi connectivity index (χ1n) is 7.32. The van der Waals surface area contributed by atoms with Gasteiger partial charge in [-0.1, -0.05) is 13.8 Å². The normalized spacial score (nSPS) is 25.6. The van der Waals surface area contributed by atoms with Crippen LogP contribution in [0.1, 0.15) is 44.9 Å². The molecule has 104 valence electrons. The standard InChI is InChI=1S/C14H22N4O/c1-9(2)13-17-16-8-18(13)6-5-15-14(19)12-7-11(12)10-3-4-10/h8-12H,3-7H2,1-2H3,(H,15,19). The summed E-state index contributed by atoms with van der Waals surface area (Å²) in [4.78, 5) is 11.9. The summed E-state index contributed by atoms with van der Waals surface area (Å²) >= 11 is 0. The number of carbonyl (C=O) groups is 1. The van der Waals surface area contributed by atoms with Gasteiger partial charge in [-0.3, -0.25) is 4.79 Å². The van der Waals surface area contributed by atoms with E-state index in [0.717, 1.165) is 24.7 Å². The molecule has 2 aliphatic rings. The predicted molar refractivity (Wildman–Crippen MR) is 71.4 cm³/mol. The van der Waals surface area contributed by atoms with Crippen LogP contribution in [0.3, 0.4) is 0 Å². The molecular weight excluding hydrogens is 240 g/mol. The molecule has 2 aliphatic carbocycles. The molecule has 1 amide bonds. The van der Waals surface area contributed by atoms with Gasteiger partial charge in [0.2, 0.25) is 5.91 Å². The maximum Gasteiger partial charge on any atom is 0.223 e. The zero-order chi connectivity index (χ0) is 13.4. The van der Waals surface area contributed by atoms with Gasteiger partial charge in [0, 0.05) is 24.9 Å². The number of rotatable bonds is 6. The minimum Gasteiger partial charge on any atom is -0.354 e. The number of carbonyl (C=O) groups excluding carboxylic acids is 1. The summed E-state index contributed by atoms with van der Waals surface area (Å²) in [7, 11) is 0. The second-order valence-electron chi connectivity index (χ2n) is 6.17. The van der Waals surface area contributed by atoms with Crippen LogP contribution in [0.25, 0.3) is 0 Å². The van der Waals surface area contributed by atoms with E-state index < -0.39 is 0 Å². The first-order chi connectivity index (χ1) is 9.16. The molecule has 1 heterocycles. The Hall–Kier alpha value is -1.39. The van der Waals surface area contributed by atoms with E-state index in [1.54, 1.807) is 6.33 Å². The van der Waals surface area contributed by atoms with Gasteiger partial charge < -0.3 is 9.88 Å². The van der Waals surface area contributed by atoms with Gasteiger partial charge in [0.1, 0.15) is 12.2 Å². The van der Waals surface area contributed by atoms with Gasteiger partial charge in [-0.25, -0.2) is 0 Å². The van der Waals surface area contributed by atoms with E-state index in [-0.39, 0.29) is 5.91 Å². The average molecular weight is 262 g/mol. The van der Waals surface area contributed by atoms with Crippen LogP contribution in [-0.2, 0) is 11.3 Å². The van der Waals surface area contributed by atoms with Crippen molar-refractivity contribution < 1.29 is 4.79 Å². The number of hydrogen-bond acceptors (Lipinski definition) is 3. The van der Waals surface area contributed by atoms with Crippen LogP contribution in [-0.4, -0.2) is 27.2 Å². The van der Waals surface area contributed by atoms with Gasteiger partial charge in [-0.05, 0) is 31.1 Å². The Labute approximate surface area is 113 Å². The highest BCUT2D eigenvalue weighted by Crippen LogP contribution is 2.54. The smallest absolute Gasteiger partial charge is 0.223 e. The van der Waals surface area contributed by atoms with Crippen LogP contribution in [0.5, 0.6) is 0 Å². The highest BCUT2D eigenvalue weighted by Gasteiger charge is 2.50. The monoisotopic (exact) mass is 262 g/mol. The largest absolute Gasteiger partial charge is 0.354 e. The summed E-state index contributed by atoms with van der Waals surface area (Å²) < 4.78 is 2.02. The van der Waals surface area contributed by atoms with E-state index >= 15 is 0 Å². The molecule has 5 nitrogen and oxygen atoms in total. The van der Waals surface area contributed by atoms with Crippen molar-refractivity contribution in [1.29, 1.82) is 0 Å². The minimum atomic E-state index is 0.246. The Bertz CT molecular complexity index is 464. The van der Waals surface area contributed by atoms with Crippen molar-refractivity contribution in [2.45, 2.75) is 45.6 Å². The highest BCUT2D eigenvalue weighted by atomic mass is 16.2.